The molecule has 112 valence electrons. The Morgan fingerprint density at radius 1 is 1.04 bits per heavy atom. The summed E-state index contributed by atoms with van der Waals surface area (Å²) in [5.74, 6) is 1.03. The Labute approximate surface area is 142 Å². The van der Waals surface area contributed by atoms with Gasteiger partial charge in [0, 0.05) is 33.9 Å². The number of imidazole rings is 1. The molecule has 2 aromatic carbocycles. The van der Waals surface area contributed by atoms with Crippen LogP contribution in [0.15, 0.2) is 59.3 Å². The van der Waals surface area contributed by atoms with E-state index in [9.17, 15) is 0 Å². The van der Waals surface area contributed by atoms with E-state index in [2.05, 4.69) is 67.9 Å². The Bertz CT molecular complexity index is 1040. The van der Waals surface area contributed by atoms with Crippen molar-refractivity contribution in [2.24, 2.45) is 0 Å². The molecule has 0 spiro atoms. The highest BCUT2D eigenvalue weighted by molar-refractivity contribution is 9.10. The molecule has 0 bridgehead atoms. The second-order valence-corrected chi connectivity index (χ2v) is 6.99. The molecule has 2 aromatic heterocycles. The maximum atomic E-state index is 4.94. The highest BCUT2D eigenvalue weighted by atomic mass is 79.9. The number of hydrogen-bond donors (Lipinski definition) is 0. The average molecular weight is 364 g/mol. The van der Waals surface area contributed by atoms with Gasteiger partial charge in [-0.3, -0.25) is 4.98 Å². The summed E-state index contributed by atoms with van der Waals surface area (Å²) in [5, 5.41) is 2.36. The van der Waals surface area contributed by atoms with E-state index in [1.807, 2.05) is 12.4 Å². The largest absolute Gasteiger partial charge is 0.321 e. The molecule has 0 saturated heterocycles. The van der Waals surface area contributed by atoms with E-state index in [4.69, 9.17) is 4.98 Å². The summed E-state index contributed by atoms with van der Waals surface area (Å²) in [4.78, 5) is 9.37. The van der Waals surface area contributed by atoms with Gasteiger partial charge in [0.05, 0.1) is 11.0 Å². The first-order valence-corrected chi connectivity index (χ1v) is 8.61. The molecule has 5 rings (SSSR count). The summed E-state index contributed by atoms with van der Waals surface area (Å²) in [5.41, 5.74) is 3.36. The maximum Gasteiger partial charge on any atom is 0.143 e. The first kappa shape index (κ1) is 13.3. The molecule has 1 fully saturated rings. The van der Waals surface area contributed by atoms with Crippen LogP contribution in [0, 0.1) is 0 Å². The zero-order chi connectivity index (χ0) is 15.4. The fourth-order valence-electron chi connectivity index (χ4n) is 3.25. The van der Waals surface area contributed by atoms with Crippen molar-refractivity contribution in [3.63, 3.8) is 0 Å². The van der Waals surface area contributed by atoms with Crippen molar-refractivity contribution in [3.05, 3.63) is 59.3 Å². The standard InChI is InChI=1S/C19H14BrN3/c20-13-5-8-17-18(9-13)23(14-6-7-14)19(22-17)16-11-21-10-12-3-1-2-4-15(12)16/h1-5,8-11,14H,6-7H2. The summed E-state index contributed by atoms with van der Waals surface area (Å²) < 4.78 is 3.48. The predicted octanol–water partition coefficient (Wildman–Crippen LogP) is 5.35. The number of nitrogens with zero attached hydrogens (tertiary/aromatic N) is 3. The smallest absolute Gasteiger partial charge is 0.143 e. The van der Waals surface area contributed by atoms with Crippen molar-refractivity contribution in [2.45, 2.75) is 18.9 Å². The van der Waals surface area contributed by atoms with E-state index in [1.54, 1.807) is 0 Å². The molecule has 0 N–H and O–H groups in total. The summed E-state index contributed by atoms with van der Waals surface area (Å²) >= 11 is 3.59. The third-order valence-corrected chi connectivity index (χ3v) is 4.97. The van der Waals surface area contributed by atoms with Gasteiger partial charge in [-0.05, 0) is 36.4 Å². The molecule has 1 saturated carbocycles. The highest BCUT2D eigenvalue weighted by Gasteiger charge is 2.29. The summed E-state index contributed by atoms with van der Waals surface area (Å²) in [6.07, 6.45) is 6.31. The first-order valence-electron chi connectivity index (χ1n) is 7.82. The molecule has 4 heteroatoms. The minimum atomic E-state index is 0.559. The van der Waals surface area contributed by atoms with E-state index in [0.29, 0.717) is 6.04 Å². The van der Waals surface area contributed by atoms with Crippen molar-refractivity contribution in [1.29, 1.82) is 0 Å². The van der Waals surface area contributed by atoms with Crippen LogP contribution < -0.4 is 0 Å². The van der Waals surface area contributed by atoms with E-state index in [1.165, 1.54) is 23.7 Å². The molecule has 3 nitrogen and oxygen atoms in total. The van der Waals surface area contributed by atoms with Gasteiger partial charge in [0.25, 0.3) is 0 Å². The summed E-state index contributed by atoms with van der Waals surface area (Å²) in [6, 6.07) is 15.2. The van der Waals surface area contributed by atoms with E-state index in [0.717, 1.165) is 26.8 Å². The van der Waals surface area contributed by atoms with Gasteiger partial charge < -0.3 is 4.57 Å². The minimum absolute atomic E-state index is 0.559. The zero-order valence-electron chi connectivity index (χ0n) is 12.4. The van der Waals surface area contributed by atoms with Crippen LogP contribution in [0.5, 0.6) is 0 Å². The van der Waals surface area contributed by atoms with Gasteiger partial charge in [-0.1, -0.05) is 40.2 Å². The fourth-order valence-corrected chi connectivity index (χ4v) is 3.60. The van der Waals surface area contributed by atoms with Crippen molar-refractivity contribution in [2.75, 3.05) is 0 Å². The molecule has 1 aliphatic carbocycles. The number of aromatic nitrogens is 3. The molecule has 0 amide bonds. The second-order valence-electron chi connectivity index (χ2n) is 6.08. The monoisotopic (exact) mass is 363 g/mol. The lowest BCUT2D eigenvalue weighted by Gasteiger charge is -2.10. The summed E-state index contributed by atoms with van der Waals surface area (Å²) in [6.45, 7) is 0. The van der Waals surface area contributed by atoms with Crippen molar-refractivity contribution in [3.8, 4) is 11.4 Å². The molecular weight excluding hydrogens is 350 g/mol. The lowest BCUT2D eigenvalue weighted by molar-refractivity contribution is 0.775. The minimum Gasteiger partial charge on any atom is -0.321 e. The van der Waals surface area contributed by atoms with Crippen LogP contribution in [0.2, 0.25) is 0 Å². The third-order valence-electron chi connectivity index (χ3n) is 4.47. The molecule has 0 unspecified atom stereocenters. The van der Waals surface area contributed by atoms with Gasteiger partial charge in [0.1, 0.15) is 5.82 Å². The van der Waals surface area contributed by atoms with Crippen molar-refractivity contribution < 1.29 is 0 Å². The number of pyridine rings is 1. The Morgan fingerprint density at radius 2 is 1.91 bits per heavy atom. The van der Waals surface area contributed by atoms with Gasteiger partial charge in [-0.2, -0.15) is 0 Å². The topological polar surface area (TPSA) is 30.7 Å². The van der Waals surface area contributed by atoms with Crippen LogP contribution in [-0.2, 0) is 0 Å². The molecule has 0 radical (unpaired) electrons. The number of fused-ring (bicyclic) bond motifs is 2. The Kier molecular flexibility index (Phi) is 2.82. The van der Waals surface area contributed by atoms with Gasteiger partial charge in [0.2, 0.25) is 0 Å². The third kappa shape index (κ3) is 2.09. The fraction of sp³-hybridized carbons (Fsp3) is 0.158. The van der Waals surface area contributed by atoms with Gasteiger partial charge in [0.15, 0.2) is 0 Å². The normalized spacial score (nSPS) is 14.7. The quantitative estimate of drug-likeness (QED) is 0.480. The van der Waals surface area contributed by atoms with Crippen LogP contribution in [0.25, 0.3) is 33.2 Å². The van der Waals surface area contributed by atoms with Crippen LogP contribution in [0.1, 0.15) is 18.9 Å². The zero-order valence-corrected chi connectivity index (χ0v) is 14.0. The molecule has 4 aromatic rings. The lowest BCUT2D eigenvalue weighted by atomic mass is 10.1. The van der Waals surface area contributed by atoms with Crippen molar-refractivity contribution in [1.82, 2.24) is 14.5 Å². The van der Waals surface area contributed by atoms with E-state index < -0.39 is 0 Å². The van der Waals surface area contributed by atoms with Crippen LogP contribution in [-0.4, -0.2) is 14.5 Å². The SMILES string of the molecule is Brc1ccc2nc(-c3cncc4ccccc34)n(C3CC3)c2c1. The number of rotatable bonds is 2. The summed E-state index contributed by atoms with van der Waals surface area (Å²) in [7, 11) is 0. The molecule has 0 atom stereocenters. The second kappa shape index (κ2) is 4.90. The Balaban J connectivity index is 1.87. The molecular formula is C19H14BrN3. The van der Waals surface area contributed by atoms with Crippen LogP contribution in [0.4, 0.5) is 0 Å². The predicted molar refractivity (Wildman–Crippen MR) is 96.4 cm³/mol. The van der Waals surface area contributed by atoms with Gasteiger partial charge >= 0.3 is 0 Å². The van der Waals surface area contributed by atoms with Crippen LogP contribution >= 0.6 is 15.9 Å². The molecule has 23 heavy (non-hydrogen) atoms. The van der Waals surface area contributed by atoms with Crippen molar-refractivity contribution >= 4 is 37.7 Å². The van der Waals surface area contributed by atoms with E-state index in [-0.39, 0.29) is 0 Å². The molecule has 2 heterocycles. The number of hydrogen-bond acceptors (Lipinski definition) is 2. The lowest BCUT2D eigenvalue weighted by Crippen LogP contribution is -1.98. The highest BCUT2D eigenvalue weighted by Crippen LogP contribution is 2.42. The average Bonchev–Trinajstić information content (AvgIpc) is 3.35. The van der Waals surface area contributed by atoms with Gasteiger partial charge in [-0.25, -0.2) is 4.98 Å². The molecule has 0 aliphatic heterocycles. The first-order chi connectivity index (χ1) is 11.3. The number of benzene rings is 2. The van der Waals surface area contributed by atoms with E-state index >= 15 is 0 Å². The number of halogens is 1. The Hall–Kier alpha value is -2.20. The van der Waals surface area contributed by atoms with Crippen LogP contribution in [0.3, 0.4) is 0 Å². The maximum absolute atomic E-state index is 4.94. The van der Waals surface area contributed by atoms with Gasteiger partial charge in [-0.15, -0.1) is 0 Å². The Morgan fingerprint density at radius 3 is 2.78 bits per heavy atom. The molecule has 1 aliphatic rings.